The average Bonchev–Trinajstić information content (AvgIpc) is 3.07. The summed E-state index contributed by atoms with van der Waals surface area (Å²) in [6, 6.07) is 5.73. The van der Waals surface area contributed by atoms with Crippen molar-refractivity contribution in [1.82, 2.24) is 15.0 Å². The van der Waals surface area contributed by atoms with Crippen LogP contribution in [-0.4, -0.2) is 41.0 Å². The van der Waals surface area contributed by atoms with E-state index in [1.165, 1.54) is 29.2 Å². The van der Waals surface area contributed by atoms with Gasteiger partial charge in [0.05, 0.1) is 6.61 Å². The molecule has 1 amide bonds. The number of benzene rings is 1. The van der Waals surface area contributed by atoms with Gasteiger partial charge in [0.1, 0.15) is 12.5 Å². The van der Waals surface area contributed by atoms with Gasteiger partial charge < -0.3 is 14.0 Å². The van der Waals surface area contributed by atoms with Crippen LogP contribution in [0.2, 0.25) is 0 Å². The lowest BCUT2D eigenvalue weighted by Crippen LogP contribution is -2.39. The summed E-state index contributed by atoms with van der Waals surface area (Å²) in [6.07, 6.45) is -4.52. The Balaban J connectivity index is 1.67. The molecule has 2 heterocycles. The van der Waals surface area contributed by atoms with Crippen LogP contribution in [0, 0.1) is 0 Å². The van der Waals surface area contributed by atoms with Crippen LogP contribution in [-0.2, 0) is 10.9 Å². The molecule has 128 valence electrons. The molecule has 1 aromatic carbocycles. The van der Waals surface area contributed by atoms with Gasteiger partial charge in [-0.2, -0.15) is 18.2 Å². The van der Waals surface area contributed by atoms with Gasteiger partial charge in [-0.25, -0.2) is 4.79 Å². The van der Waals surface area contributed by atoms with Gasteiger partial charge >= 0.3 is 18.2 Å². The third-order valence-electron chi connectivity index (χ3n) is 3.21. The molecule has 7 nitrogen and oxygen atoms in total. The summed E-state index contributed by atoms with van der Waals surface area (Å²) in [5.74, 6) is -1.38. The third kappa shape index (κ3) is 3.65. The van der Waals surface area contributed by atoms with Crippen molar-refractivity contribution in [3.63, 3.8) is 0 Å². The highest BCUT2D eigenvalue weighted by molar-refractivity contribution is 5.71. The second kappa shape index (κ2) is 6.48. The predicted octanol–water partition coefficient (Wildman–Crippen LogP) is 2.93. The number of hydrogen-bond acceptors (Lipinski definition) is 6. The minimum Gasteiger partial charge on any atom is -0.410 e. The van der Waals surface area contributed by atoms with Gasteiger partial charge in [0.15, 0.2) is 0 Å². The van der Waals surface area contributed by atoms with E-state index in [0.717, 1.165) is 6.42 Å². The first kappa shape index (κ1) is 16.2. The molecule has 0 bridgehead atoms. The van der Waals surface area contributed by atoms with Crippen LogP contribution in [0.5, 0.6) is 5.75 Å². The van der Waals surface area contributed by atoms with Crippen molar-refractivity contribution in [3.8, 4) is 17.1 Å². The Morgan fingerprint density at radius 2 is 2.00 bits per heavy atom. The summed E-state index contributed by atoms with van der Waals surface area (Å²) in [6.45, 7) is 1.31. The number of carbonyl (C=O) groups excluding carboxylic acids is 1. The summed E-state index contributed by atoms with van der Waals surface area (Å²) in [4.78, 5) is 16.6. The summed E-state index contributed by atoms with van der Waals surface area (Å²) in [7, 11) is 0. The predicted molar refractivity (Wildman–Crippen MR) is 72.9 cm³/mol. The number of nitrogens with zero attached hydrogens (tertiary/aromatic N) is 3. The van der Waals surface area contributed by atoms with E-state index in [1.807, 2.05) is 0 Å². The van der Waals surface area contributed by atoms with Crippen molar-refractivity contribution in [2.24, 2.45) is 0 Å². The largest absolute Gasteiger partial charge is 0.471 e. The molecule has 1 aliphatic heterocycles. The molecule has 3 rings (SSSR count). The second-order valence-corrected chi connectivity index (χ2v) is 4.97. The average molecular weight is 343 g/mol. The quantitative estimate of drug-likeness (QED) is 0.834. The zero-order valence-electron chi connectivity index (χ0n) is 12.2. The SMILES string of the molecule is O=C(Oc1ccc(-c2noc(C(F)(F)F)n2)cc1)N1CCCOC1. The fraction of sp³-hybridized carbons (Fsp3) is 0.357. The molecular weight excluding hydrogens is 331 g/mol. The first-order valence-electron chi connectivity index (χ1n) is 6.99. The monoisotopic (exact) mass is 343 g/mol. The van der Waals surface area contributed by atoms with Crippen LogP contribution in [0.15, 0.2) is 28.8 Å². The van der Waals surface area contributed by atoms with Gasteiger partial charge in [-0.1, -0.05) is 5.16 Å². The van der Waals surface area contributed by atoms with E-state index in [-0.39, 0.29) is 18.3 Å². The number of alkyl halides is 3. The van der Waals surface area contributed by atoms with Crippen molar-refractivity contribution in [2.75, 3.05) is 19.9 Å². The molecule has 2 aromatic rings. The molecular formula is C14H12F3N3O4. The Kier molecular flexibility index (Phi) is 4.38. The molecule has 1 aromatic heterocycles. The van der Waals surface area contributed by atoms with E-state index < -0.39 is 18.2 Å². The highest BCUT2D eigenvalue weighted by Gasteiger charge is 2.38. The Morgan fingerprint density at radius 3 is 2.58 bits per heavy atom. The van der Waals surface area contributed by atoms with Crippen molar-refractivity contribution in [1.29, 1.82) is 0 Å². The van der Waals surface area contributed by atoms with Gasteiger partial charge in [-0.3, -0.25) is 4.90 Å². The van der Waals surface area contributed by atoms with Crippen LogP contribution < -0.4 is 4.74 Å². The zero-order valence-corrected chi connectivity index (χ0v) is 12.2. The van der Waals surface area contributed by atoms with E-state index in [2.05, 4.69) is 14.7 Å². The normalized spacial score (nSPS) is 15.4. The molecule has 0 unspecified atom stereocenters. The van der Waals surface area contributed by atoms with Crippen LogP contribution in [0.1, 0.15) is 12.3 Å². The summed E-state index contributed by atoms with van der Waals surface area (Å²) < 4.78 is 51.8. The zero-order chi connectivity index (χ0) is 17.2. The molecule has 10 heteroatoms. The molecule has 0 saturated carbocycles. The summed E-state index contributed by atoms with van der Waals surface area (Å²) >= 11 is 0. The highest BCUT2D eigenvalue weighted by atomic mass is 19.4. The van der Waals surface area contributed by atoms with Crippen molar-refractivity contribution in [3.05, 3.63) is 30.2 Å². The van der Waals surface area contributed by atoms with Crippen LogP contribution >= 0.6 is 0 Å². The Hall–Kier alpha value is -2.62. The van der Waals surface area contributed by atoms with Gasteiger partial charge in [0.25, 0.3) is 0 Å². The molecule has 1 aliphatic rings. The summed E-state index contributed by atoms with van der Waals surface area (Å²) in [5, 5.41) is 3.28. The Bertz CT molecular complexity index is 709. The van der Waals surface area contributed by atoms with Crippen molar-refractivity contribution < 1.29 is 32.0 Å². The lowest BCUT2D eigenvalue weighted by molar-refractivity contribution is -0.159. The lowest BCUT2D eigenvalue weighted by Gasteiger charge is -2.25. The molecule has 0 spiro atoms. The highest BCUT2D eigenvalue weighted by Crippen LogP contribution is 2.29. The maximum absolute atomic E-state index is 12.4. The Morgan fingerprint density at radius 1 is 1.25 bits per heavy atom. The first-order valence-corrected chi connectivity index (χ1v) is 6.99. The van der Waals surface area contributed by atoms with Crippen molar-refractivity contribution in [2.45, 2.75) is 12.6 Å². The standard InChI is InChI=1S/C14H12F3N3O4/c15-14(16,17)12-18-11(19-24-12)9-2-4-10(5-3-9)23-13(21)20-6-1-7-22-8-20/h2-5H,1,6-8H2. The minimum atomic E-state index is -4.70. The van der Waals surface area contributed by atoms with Crippen LogP contribution in [0.4, 0.5) is 18.0 Å². The maximum Gasteiger partial charge on any atom is 0.471 e. The molecule has 0 N–H and O–H groups in total. The molecule has 0 atom stereocenters. The molecule has 24 heavy (non-hydrogen) atoms. The van der Waals surface area contributed by atoms with E-state index in [9.17, 15) is 18.0 Å². The van der Waals surface area contributed by atoms with Gasteiger partial charge in [-0.05, 0) is 30.7 Å². The van der Waals surface area contributed by atoms with Crippen LogP contribution in [0.3, 0.4) is 0 Å². The smallest absolute Gasteiger partial charge is 0.410 e. The van der Waals surface area contributed by atoms with E-state index >= 15 is 0 Å². The maximum atomic E-state index is 12.4. The number of carbonyl (C=O) groups is 1. The number of rotatable bonds is 2. The van der Waals surface area contributed by atoms with Crippen LogP contribution in [0.25, 0.3) is 11.4 Å². The fourth-order valence-electron chi connectivity index (χ4n) is 2.03. The number of halogens is 3. The first-order chi connectivity index (χ1) is 11.4. The van der Waals surface area contributed by atoms with E-state index in [4.69, 9.17) is 9.47 Å². The molecule has 1 fully saturated rings. The fourth-order valence-corrected chi connectivity index (χ4v) is 2.03. The topological polar surface area (TPSA) is 77.7 Å². The number of aromatic nitrogens is 2. The number of ether oxygens (including phenoxy) is 2. The van der Waals surface area contributed by atoms with E-state index in [0.29, 0.717) is 18.7 Å². The molecule has 0 radical (unpaired) electrons. The number of amides is 1. The summed E-state index contributed by atoms with van der Waals surface area (Å²) in [5.41, 5.74) is 0.301. The number of hydrogen-bond donors (Lipinski definition) is 0. The van der Waals surface area contributed by atoms with E-state index in [1.54, 1.807) is 0 Å². The Labute approximate surface area is 134 Å². The molecule has 0 aliphatic carbocycles. The van der Waals surface area contributed by atoms with Gasteiger partial charge in [0, 0.05) is 12.1 Å². The van der Waals surface area contributed by atoms with Gasteiger partial charge in [-0.15, -0.1) is 0 Å². The lowest BCUT2D eigenvalue weighted by atomic mass is 10.2. The molecule has 1 saturated heterocycles. The third-order valence-corrected chi connectivity index (χ3v) is 3.21. The van der Waals surface area contributed by atoms with Crippen molar-refractivity contribution >= 4 is 6.09 Å². The minimum absolute atomic E-state index is 0.167. The second-order valence-electron chi connectivity index (χ2n) is 4.97. The van der Waals surface area contributed by atoms with Gasteiger partial charge in [0.2, 0.25) is 5.82 Å².